The fourth-order valence-corrected chi connectivity index (χ4v) is 2.71. The zero-order chi connectivity index (χ0) is 14.8. The number of nitrogens with one attached hydrogen (secondary N) is 1. The zero-order valence-corrected chi connectivity index (χ0v) is 12.0. The smallest absolute Gasteiger partial charge is 0.149 e. The maximum absolute atomic E-state index is 14.2. The Hall–Kier alpha value is -1.20. The second-order valence-corrected chi connectivity index (χ2v) is 5.78. The second-order valence-electron chi connectivity index (χ2n) is 5.78. The molecule has 1 heterocycles. The lowest BCUT2D eigenvalue weighted by atomic mass is 9.98. The number of aliphatic hydroxyl groups is 1. The molecule has 0 amide bonds. The highest BCUT2D eigenvalue weighted by Gasteiger charge is 2.27. The topological polar surface area (TPSA) is 35.5 Å². The summed E-state index contributed by atoms with van der Waals surface area (Å²) in [6, 6.07) is 2.75. The van der Waals surface area contributed by atoms with Crippen molar-refractivity contribution in [1.82, 2.24) is 5.32 Å². The third kappa shape index (κ3) is 3.46. The summed E-state index contributed by atoms with van der Waals surface area (Å²) in [6.07, 6.45) is 1.90. The Balaban J connectivity index is 2.24. The summed E-state index contributed by atoms with van der Waals surface area (Å²) in [5, 5.41) is 12.9. The van der Waals surface area contributed by atoms with E-state index in [4.69, 9.17) is 0 Å². The number of halogens is 2. The first-order valence-electron chi connectivity index (χ1n) is 7.03. The van der Waals surface area contributed by atoms with Crippen LogP contribution in [-0.2, 0) is 6.54 Å². The van der Waals surface area contributed by atoms with Crippen LogP contribution in [0.2, 0.25) is 0 Å². The fraction of sp³-hybridized carbons (Fsp3) is 0.600. The molecular weight excluding hydrogens is 262 g/mol. The SMILES string of the molecule is CNCc1cc(F)c(N2CCCC(C)(O)CC2)c(F)c1. The first kappa shape index (κ1) is 15.2. The Morgan fingerprint density at radius 3 is 2.50 bits per heavy atom. The number of anilines is 1. The lowest BCUT2D eigenvalue weighted by Gasteiger charge is -2.25. The first-order valence-corrected chi connectivity index (χ1v) is 7.03. The molecule has 1 saturated heterocycles. The van der Waals surface area contributed by atoms with E-state index >= 15 is 0 Å². The quantitative estimate of drug-likeness (QED) is 0.895. The van der Waals surface area contributed by atoms with Crippen molar-refractivity contribution in [2.75, 3.05) is 25.0 Å². The standard InChI is InChI=1S/C15H22F2N2O/c1-15(20)4-3-6-19(7-5-15)14-12(16)8-11(10-18-2)9-13(14)17/h8-9,18,20H,3-7,10H2,1-2H3. The van der Waals surface area contributed by atoms with E-state index in [1.807, 2.05) is 0 Å². The van der Waals surface area contributed by atoms with Gasteiger partial charge in [0.15, 0.2) is 0 Å². The van der Waals surface area contributed by atoms with E-state index in [2.05, 4.69) is 5.32 Å². The van der Waals surface area contributed by atoms with Gasteiger partial charge in [-0.3, -0.25) is 0 Å². The van der Waals surface area contributed by atoms with Crippen LogP contribution in [0.4, 0.5) is 14.5 Å². The molecule has 0 spiro atoms. The molecule has 1 aromatic carbocycles. The Morgan fingerprint density at radius 1 is 1.25 bits per heavy atom. The molecule has 1 aromatic rings. The van der Waals surface area contributed by atoms with Crippen molar-refractivity contribution < 1.29 is 13.9 Å². The van der Waals surface area contributed by atoms with Crippen molar-refractivity contribution in [3.8, 4) is 0 Å². The van der Waals surface area contributed by atoms with Crippen LogP contribution in [-0.4, -0.2) is 30.8 Å². The normalized spacial score (nSPS) is 23.8. The molecule has 1 aliphatic heterocycles. The summed E-state index contributed by atoms with van der Waals surface area (Å²) in [5.41, 5.74) is -0.121. The van der Waals surface area contributed by atoms with Crippen LogP contribution in [0, 0.1) is 11.6 Å². The van der Waals surface area contributed by atoms with E-state index in [1.54, 1.807) is 18.9 Å². The third-order valence-corrected chi connectivity index (χ3v) is 3.84. The average Bonchev–Trinajstić information content (AvgIpc) is 2.51. The molecule has 0 bridgehead atoms. The van der Waals surface area contributed by atoms with Crippen molar-refractivity contribution in [1.29, 1.82) is 0 Å². The van der Waals surface area contributed by atoms with Gasteiger partial charge in [0.2, 0.25) is 0 Å². The molecule has 1 fully saturated rings. The molecule has 3 nitrogen and oxygen atoms in total. The highest BCUT2D eigenvalue weighted by molar-refractivity contribution is 5.51. The largest absolute Gasteiger partial charge is 0.390 e. The monoisotopic (exact) mass is 284 g/mol. The van der Waals surface area contributed by atoms with E-state index in [9.17, 15) is 13.9 Å². The number of hydrogen-bond acceptors (Lipinski definition) is 3. The minimum atomic E-state index is -0.742. The number of benzene rings is 1. The van der Waals surface area contributed by atoms with E-state index in [-0.39, 0.29) is 5.69 Å². The van der Waals surface area contributed by atoms with Crippen molar-refractivity contribution in [2.24, 2.45) is 0 Å². The predicted molar refractivity (Wildman–Crippen MR) is 75.8 cm³/mol. The molecule has 112 valence electrons. The van der Waals surface area contributed by atoms with Gasteiger partial charge >= 0.3 is 0 Å². The molecule has 0 saturated carbocycles. The summed E-state index contributed by atoms with van der Waals surface area (Å²) in [5.74, 6) is -1.06. The third-order valence-electron chi connectivity index (χ3n) is 3.84. The molecule has 2 rings (SSSR count). The van der Waals surface area contributed by atoms with Gasteiger partial charge in [0.25, 0.3) is 0 Å². The van der Waals surface area contributed by atoms with E-state index in [0.717, 1.165) is 6.42 Å². The lowest BCUT2D eigenvalue weighted by Crippen LogP contribution is -2.29. The van der Waals surface area contributed by atoms with Crippen LogP contribution in [0.25, 0.3) is 0 Å². The lowest BCUT2D eigenvalue weighted by molar-refractivity contribution is 0.0481. The van der Waals surface area contributed by atoms with Crippen molar-refractivity contribution in [3.05, 3.63) is 29.3 Å². The minimum Gasteiger partial charge on any atom is -0.390 e. The molecule has 0 aromatic heterocycles. The average molecular weight is 284 g/mol. The Bertz CT molecular complexity index is 454. The highest BCUT2D eigenvalue weighted by Crippen LogP contribution is 2.29. The second kappa shape index (κ2) is 6.06. The molecule has 1 aliphatic rings. The molecule has 5 heteroatoms. The Labute approximate surface area is 118 Å². The first-order chi connectivity index (χ1) is 9.43. The van der Waals surface area contributed by atoms with Crippen LogP contribution in [0.3, 0.4) is 0 Å². The molecule has 1 unspecified atom stereocenters. The van der Waals surface area contributed by atoms with Crippen molar-refractivity contribution in [3.63, 3.8) is 0 Å². The van der Waals surface area contributed by atoms with Crippen LogP contribution in [0.1, 0.15) is 31.7 Å². The summed E-state index contributed by atoms with van der Waals surface area (Å²) in [4.78, 5) is 1.70. The maximum atomic E-state index is 14.2. The van der Waals surface area contributed by atoms with Gasteiger partial charge in [-0.05, 0) is 50.9 Å². The highest BCUT2D eigenvalue weighted by atomic mass is 19.1. The number of hydrogen-bond donors (Lipinski definition) is 2. The van der Waals surface area contributed by atoms with Crippen LogP contribution < -0.4 is 10.2 Å². The van der Waals surface area contributed by atoms with E-state index in [0.29, 0.717) is 38.0 Å². The van der Waals surface area contributed by atoms with Crippen molar-refractivity contribution >= 4 is 5.69 Å². The van der Waals surface area contributed by atoms with E-state index < -0.39 is 17.2 Å². The summed E-state index contributed by atoms with van der Waals surface area (Å²) in [7, 11) is 1.74. The van der Waals surface area contributed by atoms with Gasteiger partial charge in [-0.25, -0.2) is 8.78 Å². The van der Waals surface area contributed by atoms with Crippen LogP contribution in [0.5, 0.6) is 0 Å². The minimum absolute atomic E-state index is 0.0301. The summed E-state index contributed by atoms with van der Waals surface area (Å²) < 4.78 is 28.3. The number of rotatable bonds is 3. The molecule has 1 atom stereocenters. The Morgan fingerprint density at radius 2 is 1.90 bits per heavy atom. The molecule has 0 radical (unpaired) electrons. The molecular formula is C15H22F2N2O. The van der Waals surface area contributed by atoms with Gasteiger partial charge in [0, 0.05) is 19.6 Å². The number of nitrogens with zero attached hydrogens (tertiary/aromatic N) is 1. The van der Waals surface area contributed by atoms with Gasteiger partial charge in [-0.1, -0.05) is 0 Å². The molecule has 2 N–H and O–H groups in total. The van der Waals surface area contributed by atoms with Crippen LogP contribution >= 0.6 is 0 Å². The summed E-state index contributed by atoms with van der Waals surface area (Å²) in [6.45, 7) is 3.24. The van der Waals surface area contributed by atoms with Gasteiger partial charge in [0.05, 0.1) is 5.60 Å². The van der Waals surface area contributed by atoms with Gasteiger partial charge in [0.1, 0.15) is 17.3 Å². The van der Waals surface area contributed by atoms with Gasteiger partial charge in [-0.15, -0.1) is 0 Å². The van der Waals surface area contributed by atoms with E-state index in [1.165, 1.54) is 12.1 Å². The molecule has 0 aliphatic carbocycles. The Kier molecular flexibility index (Phi) is 4.60. The van der Waals surface area contributed by atoms with Crippen molar-refractivity contribution in [2.45, 2.75) is 38.3 Å². The summed E-state index contributed by atoms with van der Waals surface area (Å²) >= 11 is 0. The van der Waals surface area contributed by atoms with Gasteiger partial charge in [-0.2, -0.15) is 0 Å². The zero-order valence-electron chi connectivity index (χ0n) is 12.0. The fourth-order valence-electron chi connectivity index (χ4n) is 2.71. The predicted octanol–water partition coefficient (Wildman–Crippen LogP) is 2.43. The van der Waals surface area contributed by atoms with Crippen LogP contribution in [0.15, 0.2) is 12.1 Å². The molecule has 20 heavy (non-hydrogen) atoms. The van der Waals surface area contributed by atoms with Gasteiger partial charge < -0.3 is 15.3 Å². The maximum Gasteiger partial charge on any atom is 0.149 e.